The van der Waals surface area contributed by atoms with Gasteiger partial charge >= 0.3 is 6.01 Å². The van der Waals surface area contributed by atoms with Gasteiger partial charge in [-0.15, -0.1) is 11.3 Å². The Kier molecular flexibility index (Phi) is 7.99. The molecule has 210 valence electrons. The molecule has 2 aromatic carbocycles. The highest BCUT2D eigenvalue weighted by molar-refractivity contribution is 9.10. The lowest BCUT2D eigenvalue weighted by Crippen LogP contribution is -2.17. The number of rotatable bonds is 10. The molecule has 0 amide bonds. The Balaban J connectivity index is 1.40. The summed E-state index contributed by atoms with van der Waals surface area (Å²) in [6.45, 7) is 0.156. The monoisotopic (exact) mass is 661 g/mol. The summed E-state index contributed by atoms with van der Waals surface area (Å²) < 4.78 is 42.8. The minimum Gasteiger partial charge on any atom is -0.473 e. The molecule has 0 fully saturated rings. The molecule has 11 nitrogen and oxygen atoms in total. The Morgan fingerprint density at radius 1 is 0.810 bits per heavy atom. The SMILES string of the molecule is O=S(=O)(Nc1nc(-c2ncccn2)nc(OCCOc2ncc(Br)cn2)c1-c1cccs1)c1cccc2ccccc12. The van der Waals surface area contributed by atoms with Crippen LogP contribution in [0.1, 0.15) is 0 Å². The average Bonchev–Trinajstić information content (AvgIpc) is 3.54. The van der Waals surface area contributed by atoms with Crippen molar-refractivity contribution in [1.82, 2.24) is 29.9 Å². The van der Waals surface area contributed by atoms with Gasteiger partial charge in [0, 0.05) is 35.1 Å². The van der Waals surface area contributed by atoms with Gasteiger partial charge in [-0.3, -0.25) is 4.72 Å². The summed E-state index contributed by atoms with van der Waals surface area (Å²) in [4.78, 5) is 26.6. The van der Waals surface area contributed by atoms with Gasteiger partial charge in [-0.25, -0.2) is 33.3 Å². The van der Waals surface area contributed by atoms with Crippen molar-refractivity contribution in [3.8, 4) is 34.0 Å². The number of hydrogen-bond donors (Lipinski definition) is 1. The molecule has 0 spiro atoms. The fraction of sp³-hybridized carbons (Fsp3) is 0.0714. The van der Waals surface area contributed by atoms with Gasteiger partial charge in [0.15, 0.2) is 11.6 Å². The number of nitrogens with one attached hydrogen (secondary N) is 1. The van der Waals surface area contributed by atoms with Crippen molar-refractivity contribution in [3.05, 3.63) is 95.3 Å². The smallest absolute Gasteiger partial charge is 0.316 e. The van der Waals surface area contributed by atoms with Crippen LogP contribution in [-0.2, 0) is 10.0 Å². The molecule has 0 aliphatic heterocycles. The third kappa shape index (κ3) is 6.05. The summed E-state index contributed by atoms with van der Waals surface area (Å²) in [5, 5.41) is 3.23. The molecule has 0 bridgehead atoms. The fourth-order valence-electron chi connectivity index (χ4n) is 4.03. The summed E-state index contributed by atoms with van der Waals surface area (Å²) in [5.74, 6) is 0.435. The molecule has 14 heteroatoms. The molecule has 0 aliphatic carbocycles. The van der Waals surface area contributed by atoms with E-state index in [1.165, 1.54) is 11.3 Å². The lowest BCUT2D eigenvalue weighted by molar-refractivity contribution is 0.202. The van der Waals surface area contributed by atoms with Crippen molar-refractivity contribution in [2.45, 2.75) is 4.90 Å². The summed E-state index contributed by atoms with van der Waals surface area (Å²) in [5.41, 5.74) is 0.369. The second-order valence-corrected chi connectivity index (χ2v) is 12.1. The van der Waals surface area contributed by atoms with Crippen LogP contribution in [0.4, 0.5) is 5.82 Å². The number of hydrogen-bond acceptors (Lipinski definition) is 11. The molecule has 0 saturated heterocycles. The molecule has 0 radical (unpaired) electrons. The van der Waals surface area contributed by atoms with Crippen molar-refractivity contribution >= 4 is 53.9 Å². The predicted octanol–water partition coefficient (Wildman–Crippen LogP) is 5.63. The molecule has 0 atom stereocenters. The van der Waals surface area contributed by atoms with Gasteiger partial charge in [-0.2, -0.15) is 4.98 Å². The second kappa shape index (κ2) is 12.1. The van der Waals surface area contributed by atoms with Crippen molar-refractivity contribution in [1.29, 1.82) is 0 Å². The van der Waals surface area contributed by atoms with Crippen LogP contribution >= 0.6 is 27.3 Å². The molecule has 4 aromatic heterocycles. The molecular weight excluding hydrogens is 642 g/mol. The summed E-state index contributed by atoms with van der Waals surface area (Å²) >= 11 is 4.67. The molecule has 42 heavy (non-hydrogen) atoms. The van der Waals surface area contributed by atoms with Gasteiger partial charge in [-0.1, -0.05) is 42.5 Å². The minimum atomic E-state index is -4.11. The van der Waals surface area contributed by atoms with Crippen LogP contribution in [0.15, 0.2) is 100 Å². The van der Waals surface area contributed by atoms with Gasteiger partial charge in [0.25, 0.3) is 10.0 Å². The quantitative estimate of drug-likeness (QED) is 0.184. The number of thiophene rings is 1. The number of halogens is 1. The van der Waals surface area contributed by atoms with E-state index in [2.05, 4.69) is 50.6 Å². The Labute approximate surface area is 252 Å². The van der Waals surface area contributed by atoms with Crippen molar-refractivity contribution in [2.75, 3.05) is 17.9 Å². The molecule has 4 heterocycles. The standard InChI is InChI=1S/C28H20BrN7O4S2/c29-19-16-32-28(33-17-19)40-14-13-39-27-23(21-9-4-15-41-21)24(34-26(35-27)25-30-11-5-12-31-25)36-42(37,38)22-10-3-7-18-6-1-2-8-20(18)22/h1-12,15-17H,13-14H2,(H,34,35,36). The van der Waals surface area contributed by atoms with E-state index in [1.54, 1.807) is 55.1 Å². The van der Waals surface area contributed by atoms with E-state index in [1.807, 2.05) is 35.7 Å². The summed E-state index contributed by atoms with van der Waals surface area (Å²) in [6.07, 6.45) is 6.24. The highest BCUT2D eigenvalue weighted by atomic mass is 79.9. The molecule has 1 N–H and O–H groups in total. The maximum absolute atomic E-state index is 13.9. The molecule has 0 aliphatic rings. The Hall–Kier alpha value is -4.53. The summed E-state index contributed by atoms with van der Waals surface area (Å²) in [7, 11) is -4.11. The molecule has 0 unspecified atom stereocenters. The normalized spacial score (nSPS) is 11.4. The molecule has 6 rings (SSSR count). The van der Waals surface area contributed by atoms with E-state index in [0.29, 0.717) is 15.8 Å². The van der Waals surface area contributed by atoms with E-state index < -0.39 is 10.0 Å². The van der Waals surface area contributed by atoms with E-state index >= 15 is 0 Å². The van der Waals surface area contributed by atoms with Crippen molar-refractivity contribution < 1.29 is 17.9 Å². The number of ether oxygens (including phenoxy) is 2. The van der Waals surface area contributed by atoms with E-state index in [0.717, 1.165) is 9.86 Å². The molecular formula is C28H20BrN7O4S2. The fourth-order valence-corrected chi connectivity index (χ4v) is 6.25. The number of benzene rings is 2. The zero-order valence-electron chi connectivity index (χ0n) is 21.6. The molecule has 6 aromatic rings. The zero-order valence-corrected chi connectivity index (χ0v) is 24.8. The first-order chi connectivity index (χ1) is 20.5. The first kappa shape index (κ1) is 27.6. The maximum Gasteiger partial charge on any atom is 0.316 e. The maximum atomic E-state index is 13.9. The van der Waals surface area contributed by atoms with Crippen molar-refractivity contribution in [3.63, 3.8) is 0 Å². The van der Waals surface area contributed by atoms with Crippen LogP contribution in [0.3, 0.4) is 0 Å². The Bertz CT molecular complexity index is 1940. The number of nitrogens with zero attached hydrogens (tertiary/aromatic N) is 6. The number of aromatic nitrogens is 6. The molecule has 0 saturated carbocycles. The van der Waals surface area contributed by atoms with Crippen LogP contribution < -0.4 is 14.2 Å². The van der Waals surface area contributed by atoms with Gasteiger partial charge in [0.1, 0.15) is 13.2 Å². The average molecular weight is 663 g/mol. The van der Waals surface area contributed by atoms with Gasteiger partial charge in [0.2, 0.25) is 11.7 Å². The van der Waals surface area contributed by atoms with E-state index in [4.69, 9.17) is 9.47 Å². The van der Waals surface area contributed by atoms with Crippen LogP contribution in [0.25, 0.3) is 32.9 Å². The zero-order chi connectivity index (χ0) is 28.9. The van der Waals surface area contributed by atoms with Crippen LogP contribution in [-0.4, -0.2) is 51.5 Å². The Morgan fingerprint density at radius 3 is 2.36 bits per heavy atom. The van der Waals surface area contributed by atoms with E-state index in [-0.39, 0.29) is 47.5 Å². The van der Waals surface area contributed by atoms with Crippen LogP contribution in [0, 0.1) is 0 Å². The third-order valence-electron chi connectivity index (χ3n) is 5.83. The van der Waals surface area contributed by atoms with Crippen LogP contribution in [0.5, 0.6) is 11.9 Å². The highest BCUT2D eigenvalue weighted by Crippen LogP contribution is 2.39. The second-order valence-electron chi connectivity index (χ2n) is 8.59. The third-order valence-corrected chi connectivity index (χ3v) is 8.52. The van der Waals surface area contributed by atoms with Gasteiger partial charge in [-0.05, 0) is 44.9 Å². The highest BCUT2D eigenvalue weighted by Gasteiger charge is 2.26. The topological polar surface area (TPSA) is 142 Å². The van der Waals surface area contributed by atoms with E-state index in [9.17, 15) is 8.42 Å². The number of sulfonamides is 1. The largest absolute Gasteiger partial charge is 0.473 e. The Morgan fingerprint density at radius 2 is 1.57 bits per heavy atom. The van der Waals surface area contributed by atoms with Crippen LogP contribution in [0.2, 0.25) is 0 Å². The van der Waals surface area contributed by atoms with Gasteiger partial charge < -0.3 is 9.47 Å². The first-order valence-electron chi connectivity index (χ1n) is 12.4. The lowest BCUT2D eigenvalue weighted by Gasteiger charge is -2.17. The predicted molar refractivity (Wildman–Crippen MR) is 162 cm³/mol. The number of fused-ring (bicyclic) bond motifs is 1. The first-order valence-corrected chi connectivity index (χ1v) is 15.6. The van der Waals surface area contributed by atoms with Crippen molar-refractivity contribution in [2.24, 2.45) is 0 Å². The van der Waals surface area contributed by atoms with Gasteiger partial charge in [0.05, 0.1) is 14.9 Å². The number of anilines is 1. The lowest BCUT2D eigenvalue weighted by atomic mass is 10.1. The minimum absolute atomic E-state index is 0.0231. The summed E-state index contributed by atoms with van der Waals surface area (Å²) in [6, 6.07) is 17.9.